The summed E-state index contributed by atoms with van der Waals surface area (Å²) in [5.74, 6) is 0.0533. The van der Waals surface area contributed by atoms with Gasteiger partial charge in [0.05, 0.1) is 0 Å². The van der Waals surface area contributed by atoms with E-state index in [9.17, 15) is 4.79 Å². The number of carbonyl (C=O) groups is 1. The first-order valence-corrected chi connectivity index (χ1v) is 6.48. The molecule has 0 bridgehead atoms. The van der Waals surface area contributed by atoms with E-state index in [0.717, 1.165) is 9.35 Å². The highest BCUT2D eigenvalue weighted by Gasteiger charge is 2.06. The summed E-state index contributed by atoms with van der Waals surface area (Å²) in [6.45, 7) is 0.357. The predicted octanol–water partition coefficient (Wildman–Crippen LogP) is 2.03. The molecule has 0 aliphatic carbocycles. The molecule has 5 nitrogen and oxygen atoms in total. The number of halogens is 1. The SMILES string of the molecule is Nc1ccn(CC(=O)OCc2cc(Br)cs2)n1. The molecule has 0 saturated heterocycles. The lowest BCUT2D eigenvalue weighted by Crippen LogP contribution is -2.13. The minimum atomic E-state index is -0.336. The van der Waals surface area contributed by atoms with E-state index in [0.29, 0.717) is 5.82 Å². The van der Waals surface area contributed by atoms with Gasteiger partial charge in [0, 0.05) is 20.9 Å². The Hall–Kier alpha value is -1.34. The maximum Gasteiger partial charge on any atom is 0.328 e. The van der Waals surface area contributed by atoms with Crippen molar-refractivity contribution in [2.75, 3.05) is 5.73 Å². The van der Waals surface area contributed by atoms with Gasteiger partial charge < -0.3 is 10.5 Å². The van der Waals surface area contributed by atoms with E-state index >= 15 is 0 Å². The molecule has 2 heterocycles. The Morgan fingerprint density at radius 1 is 1.65 bits per heavy atom. The summed E-state index contributed by atoms with van der Waals surface area (Å²) in [7, 11) is 0. The van der Waals surface area contributed by atoms with Gasteiger partial charge in [0.2, 0.25) is 0 Å². The summed E-state index contributed by atoms with van der Waals surface area (Å²) in [5, 5.41) is 5.84. The van der Waals surface area contributed by atoms with Crippen LogP contribution in [0.5, 0.6) is 0 Å². The number of nitrogens with zero attached hydrogens (tertiary/aromatic N) is 2. The van der Waals surface area contributed by atoms with Crippen LogP contribution in [-0.2, 0) is 22.7 Å². The summed E-state index contributed by atoms with van der Waals surface area (Å²) in [4.78, 5) is 12.5. The zero-order chi connectivity index (χ0) is 12.3. The fraction of sp³-hybridized carbons (Fsp3) is 0.200. The van der Waals surface area contributed by atoms with Crippen LogP contribution < -0.4 is 5.73 Å². The lowest BCUT2D eigenvalue weighted by atomic mass is 10.5. The summed E-state index contributed by atoms with van der Waals surface area (Å²) < 4.78 is 7.54. The number of aromatic nitrogens is 2. The van der Waals surface area contributed by atoms with Gasteiger partial charge in [-0.3, -0.25) is 9.48 Å². The lowest BCUT2D eigenvalue weighted by Gasteiger charge is -2.03. The van der Waals surface area contributed by atoms with Crippen LogP contribution in [0.4, 0.5) is 5.82 Å². The third-order valence-electron chi connectivity index (χ3n) is 1.95. The van der Waals surface area contributed by atoms with Crippen molar-refractivity contribution in [3.8, 4) is 0 Å². The molecule has 7 heteroatoms. The predicted molar refractivity (Wildman–Crippen MR) is 68.5 cm³/mol. The van der Waals surface area contributed by atoms with Crippen LogP contribution in [0.15, 0.2) is 28.2 Å². The molecule has 2 rings (SSSR count). The van der Waals surface area contributed by atoms with Crippen molar-refractivity contribution in [3.05, 3.63) is 33.1 Å². The van der Waals surface area contributed by atoms with Crippen LogP contribution in [0, 0.1) is 0 Å². The Morgan fingerprint density at radius 2 is 2.47 bits per heavy atom. The number of ether oxygens (including phenoxy) is 1. The Bertz CT molecular complexity index is 523. The molecule has 0 fully saturated rings. The molecule has 0 atom stereocenters. The van der Waals surface area contributed by atoms with Crippen LogP contribution in [0.3, 0.4) is 0 Å². The zero-order valence-corrected chi connectivity index (χ0v) is 11.2. The van der Waals surface area contributed by atoms with Gasteiger partial charge in [-0.2, -0.15) is 5.10 Å². The van der Waals surface area contributed by atoms with Gasteiger partial charge in [-0.25, -0.2) is 0 Å². The molecule has 2 aromatic heterocycles. The number of hydrogen-bond donors (Lipinski definition) is 1. The van der Waals surface area contributed by atoms with Gasteiger partial charge in [-0.05, 0) is 28.1 Å². The molecule has 2 aromatic rings. The van der Waals surface area contributed by atoms with Crippen molar-refractivity contribution in [1.29, 1.82) is 0 Å². The second-order valence-electron chi connectivity index (χ2n) is 3.33. The molecule has 0 aromatic carbocycles. The highest BCUT2D eigenvalue weighted by Crippen LogP contribution is 2.20. The minimum Gasteiger partial charge on any atom is -0.459 e. The highest BCUT2D eigenvalue weighted by molar-refractivity contribution is 9.10. The normalized spacial score (nSPS) is 10.4. The number of nitrogens with two attached hydrogens (primary N) is 1. The highest BCUT2D eigenvalue weighted by atomic mass is 79.9. The third-order valence-corrected chi connectivity index (χ3v) is 3.62. The first kappa shape index (κ1) is 12.1. The maximum atomic E-state index is 11.5. The largest absolute Gasteiger partial charge is 0.459 e. The van der Waals surface area contributed by atoms with Crippen molar-refractivity contribution in [3.63, 3.8) is 0 Å². The molecular formula is C10H10BrN3O2S. The van der Waals surface area contributed by atoms with E-state index in [2.05, 4.69) is 21.0 Å². The first-order valence-electron chi connectivity index (χ1n) is 4.81. The Balaban J connectivity index is 1.82. The van der Waals surface area contributed by atoms with Gasteiger partial charge in [0.1, 0.15) is 19.0 Å². The quantitative estimate of drug-likeness (QED) is 0.876. The molecule has 90 valence electrons. The van der Waals surface area contributed by atoms with E-state index in [1.165, 1.54) is 16.0 Å². The third kappa shape index (κ3) is 3.57. The topological polar surface area (TPSA) is 70.1 Å². The maximum absolute atomic E-state index is 11.5. The van der Waals surface area contributed by atoms with Gasteiger partial charge in [0.15, 0.2) is 0 Å². The molecule has 0 saturated carbocycles. The fourth-order valence-corrected chi connectivity index (χ4v) is 2.59. The summed E-state index contributed by atoms with van der Waals surface area (Å²) in [6, 6.07) is 3.55. The molecule has 0 aliphatic rings. The van der Waals surface area contributed by atoms with Gasteiger partial charge in [-0.15, -0.1) is 11.3 Å². The number of anilines is 1. The number of nitrogen functional groups attached to an aromatic ring is 1. The van der Waals surface area contributed by atoms with Crippen LogP contribution in [0.25, 0.3) is 0 Å². The molecular weight excluding hydrogens is 306 g/mol. The van der Waals surface area contributed by atoms with E-state index in [1.807, 2.05) is 11.4 Å². The average Bonchev–Trinajstić information content (AvgIpc) is 2.85. The molecule has 2 N–H and O–H groups in total. The van der Waals surface area contributed by atoms with Crippen molar-refractivity contribution < 1.29 is 9.53 Å². The van der Waals surface area contributed by atoms with Gasteiger partial charge in [0.25, 0.3) is 0 Å². The van der Waals surface area contributed by atoms with Gasteiger partial charge in [-0.1, -0.05) is 0 Å². The number of carbonyl (C=O) groups excluding carboxylic acids is 1. The molecule has 17 heavy (non-hydrogen) atoms. The van der Waals surface area contributed by atoms with Crippen LogP contribution in [0.2, 0.25) is 0 Å². The molecule has 0 amide bonds. The molecule has 0 aliphatic heterocycles. The molecule has 0 spiro atoms. The number of hydrogen-bond acceptors (Lipinski definition) is 5. The second kappa shape index (κ2) is 5.33. The van der Waals surface area contributed by atoms with Crippen LogP contribution >= 0.6 is 27.3 Å². The molecule has 0 radical (unpaired) electrons. The first-order chi connectivity index (χ1) is 8.13. The Morgan fingerprint density at radius 3 is 3.06 bits per heavy atom. The second-order valence-corrected chi connectivity index (χ2v) is 5.24. The summed E-state index contributed by atoms with van der Waals surface area (Å²) in [5.41, 5.74) is 5.43. The summed E-state index contributed by atoms with van der Waals surface area (Å²) in [6.07, 6.45) is 1.64. The van der Waals surface area contributed by atoms with E-state index in [-0.39, 0.29) is 19.1 Å². The summed E-state index contributed by atoms with van der Waals surface area (Å²) >= 11 is 4.87. The fourth-order valence-electron chi connectivity index (χ4n) is 1.22. The Labute approximate surface area is 110 Å². The smallest absolute Gasteiger partial charge is 0.328 e. The number of esters is 1. The van der Waals surface area contributed by atoms with Gasteiger partial charge >= 0.3 is 5.97 Å². The van der Waals surface area contributed by atoms with Crippen LogP contribution in [-0.4, -0.2) is 15.7 Å². The lowest BCUT2D eigenvalue weighted by molar-refractivity contribution is -0.145. The van der Waals surface area contributed by atoms with E-state index < -0.39 is 0 Å². The Kier molecular flexibility index (Phi) is 3.80. The van der Waals surface area contributed by atoms with Crippen molar-refractivity contribution in [2.45, 2.75) is 13.2 Å². The van der Waals surface area contributed by atoms with Crippen molar-refractivity contribution in [1.82, 2.24) is 9.78 Å². The number of rotatable bonds is 4. The molecule has 0 unspecified atom stereocenters. The van der Waals surface area contributed by atoms with Crippen molar-refractivity contribution >= 4 is 39.1 Å². The van der Waals surface area contributed by atoms with E-state index in [1.54, 1.807) is 12.3 Å². The monoisotopic (exact) mass is 315 g/mol. The van der Waals surface area contributed by atoms with Crippen molar-refractivity contribution in [2.24, 2.45) is 0 Å². The number of thiophene rings is 1. The average molecular weight is 316 g/mol. The standard InChI is InChI=1S/C10H10BrN3O2S/c11-7-3-8(17-6-7)5-16-10(15)4-14-2-1-9(12)13-14/h1-3,6H,4-5H2,(H2,12,13). The minimum absolute atomic E-state index is 0.0732. The van der Waals surface area contributed by atoms with Crippen LogP contribution in [0.1, 0.15) is 4.88 Å². The van der Waals surface area contributed by atoms with E-state index in [4.69, 9.17) is 10.5 Å². The zero-order valence-electron chi connectivity index (χ0n) is 8.80.